The van der Waals surface area contributed by atoms with Crippen molar-refractivity contribution in [2.45, 2.75) is 18.7 Å². The van der Waals surface area contributed by atoms with E-state index in [0.29, 0.717) is 15.6 Å². The van der Waals surface area contributed by atoms with E-state index in [2.05, 4.69) is 0 Å². The topological polar surface area (TPSA) is 54.5 Å². The molecule has 0 saturated carbocycles. The van der Waals surface area contributed by atoms with E-state index in [1.165, 1.54) is 42.5 Å². The van der Waals surface area contributed by atoms with Crippen molar-refractivity contribution >= 4 is 56.4 Å². The molecule has 0 atom stereocenters. The highest BCUT2D eigenvalue weighted by atomic mass is 35.5. The molecule has 4 nitrogen and oxygen atoms in total. The first kappa shape index (κ1) is 21.7. The monoisotopic (exact) mass is 467 g/mol. The largest absolute Gasteiger partial charge is 0.273 e. The maximum atomic E-state index is 13.5. The highest BCUT2D eigenvalue weighted by Gasteiger charge is 2.34. The Morgan fingerprint density at radius 2 is 1.45 bits per heavy atom. The molecule has 0 saturated heterocycles. The van der Waals surface area contributed by atoms with Gasteiger partial charge in [0.25, 0.3) is 15.9 Å². The van der Waals surface area contributed by atoms with Crippen LogP contribution in [0.1, 0.15) is 21.5 Å². The maximum Gasteiger partial charge on any atom is 0.273 e. The minimum absolute atomic E-state index is 0.0227. The summed E-state index contributed by atoms with van der Waals surface area (Å²) in [6.45, 7) is 3.55. The number of sulfonamides is 1. The maximum absolute atomic E-state index is 13.5. The summed E-state index contributed by atoms with van der Waals surface area (Å²) in [5, 5.41) is 0.781. The van der Waals surface area contributed by atoms with E-state index in [-0.39, 0.29) is 21.2 Å². The minimum atomic E-state index is -4.25. The third kappa shape index (κ3) is 4.43. The standard InChI is InChI=1S/C21H16Cl3NO3S/c1-13-3-4-14(2)20(11-13)25(21(26)18-10-7-16(23)12-19(18)24)29(27,28)17-8-5-15(22)6-9-17/h3-12H,1-2H3. The van der Waals surface area contributed by atoms with Crippen LogP contribution in [-0.4, -0.2) is 14.3 Å². The Labute approximate surface area is 184 Å². The predicted molar refractivity (Wildman–Crippen MR) is 118 cm³/mol. The molecule has 0 bridgehead atoms. The summed E-state index contributed by atoms with van der Waals surface area (Å²) in [6, 6.07) is 15.1. The molecule has 3 aromatic carbocycles. The molecule has 1 amide bonds. The number of hydrogen-bond acceptors (Lipinski definition) is 3. The summed E-state index contributed by atoms with van der Waals surface area (Å²) in [4.78, 5) is 13.4. The number of halogens is 3. The van der Waals surface area contributed by atoms with E-state index >= 15 is 0 Å². The van der Waals surface area contributed by atoms with Crippen molar-refractivity contribution < 1.29 is 13.2 Å². The second kappa shape index (κ2) is 8.36. The average Bonchev–Trinajstić information content (AvgIpc) is 2.65. The first-order valence-electron chi connectivity index (χ1n) is 8.49. The molecule has 0 aromatic heterocycles. The molecule has 3 aromatic rings. The van der Waals surface area contributed by atoms with Crippen LogP contribution in [0.15, 0.2) is 65.6 Å². The van der Waals surface area contributed by atoms with Gasteiger partial charge in [0.2, 0.25) is 0 Å². The summed E-state index contributed by atoms with van der Waals surface area (Å²) in [5.74, 6) is -0.782. The van der Waals surface area contributed by atoms with Crippen molar-refractivity contribution in [3.8, 4) is 0 Å². The zero-order chi connectivity index (χ0) is 21.3. The van der Waals surface area contributed by atoms with Crippen LogP contribution in [0.3, 0.4) is 0 Å². The molecule has 0 spiro atoms. The number of benzene rings is 3. The van der Waals surface area contributed by atoms with Crippen molar-refractivity contribution in [3.63, 3.8) is 0 Å². The second-order valence-electron chi connectivity index (χ2n) is 6.44. The van der Waals surface area contributed by atoms with Crippen LogP contribution >= 0.6 is 34.8 Å². The number of anilines is 1. The Balaban J connectivity index is 2.25. The molecule has 0 heterocycles. The number of nitrogens with zero attached hydrogens (tertiary/aromatic N) is 1. The number of amides is 1. The smallest absolute Gasteiger partial charge is 0.268 e. The fourth-order valence-corrected chi connectivity index (χ4v) is 4.85. The zero-order valence-electron chi connectivity index (χ0n) is 15.5. The van der Waals surface area contributed by atoms with E-state index in [1.54, 1.807) is 19.1 Å². The van der Waals surface area contributed by atoms with Gasteiger partial charge in [0.1, 0.15) is 0 Å². The molecule has 8 heteroatoms. The van der Waals surface area contributed by atoms with Crippen LogP contribution in [0, 0.1) is 13.8 Å². The first-order chi connectivity index (χ1) is 13.6. The van der Waals surface area contributed by atoms with Crippen molar-refractivity contribution in [2.24, 2.45) is 0 Å². The summed E-state index contributed by atoms with van der Waals surface area (Å²) < 4.78 is 27.8. The van der Waals surface area contributed by atoms with Crippen molar-refractivity contribution in [2.75, 3.05) is 4.31 Å². The van der Waals surface area contributed by atoms with Crippen molar-refractivity contribution in [1.29, 1.82) is 0 Å². The van der Waals surface area contributed by atoms with Gasteiger partial charge in [-0.3, -0.25) is 4.79 Å². The Hall–Kier alpha value is -2.05. The van der Waals surface area contributed by atoms with Gasteiger partial charge in [-0.1, -0.05) is 46.9 Å². The lowest BCUT2D eigenvalue weighted by molar-refractivity contribution is 0.101. The quantitative estimate of drug-likeness (QED) is 0.451. The summed E-state index contributed by atoms with van der Waals surface area (Å²) >= 11 is 18.0. The molecule has 0 fully saturated rings. The third-order valence-corrected chi connectivity index (χ3v) is 6.79. The van der Waals surface area contributed by atoms with Crippen LogP contribution in [0.5, 0.6) is 0 Å². The predicted octanol–water partition coefficient (Wildman–Crippen LogP) is 6.30. The Kier molecular flexibility index (Phi) is 6.24. The fourth-order valence-electron chi connectivity index (χ4n) is 2.77. The van der Waals surface area contributed by atoms with Crippen molar-refractivity contribution in [3.05, 3.63) is 92.4 Å². The highest BCUT2D eigenvalue weighted by molar-refractivity contribution is 7.93. The number of carbonyl (C=O) groups is 1. The van der Waals surface area contributed by atoms with E-state index in [9.17, 15) is 13.2 Å². The lowest BCUT2D eigenvalue weighted by Crippen LogP contribution is -2.37. The first-order valence-corrected chi connectivity index (χ1v) is 11.1. The molecule has 0 unspecified atom stereocenters. The van der Waals surface area contributed by atoms with Gasteiger partial charge < -0.3 is 0 Å². The van der Waals surface area contributed by atoms with Gasteiger partial charge in [0, 0.05) is 10.0 Å². The van der Waals surface area contributed by atoms with Gasteiger partial charge in [-0.15, -0.1) is 0 Å². The molecule has 0 aliphatic heterocycles. The highest BCUT2D eigenvalue weighted by Crippen LogP contribution is 2.32. The number of carbonyl (C=O) groups excluding carboxylic acids is 1. The third-order valence-electron chi connectivity index (χ3n) is 4.28. The van der Waals surface area contributed by atoms with E-state index in [0.717, 1.165) is 9.87 Å². The zero-order valence-corrected chi connectivity index (χ0v) is 18.6. The van der Waals surface area contributed by atoms with Gasteiger partial charge in [-0.25, -0.2) is 8.42 Å². The van der Waals surface area contributed by atoms with Gasteiger partial charge in [0.05, 0.1) is 21.2 Å². The molecule has 29 heavy (non-hydrogen) atoms. The molecular formula is C21H16Cl3NO3S. The fraction of sp³-hybridized carbons (Fsp3) is 0.0952. The van der Waals surface area contributed by atoms with E-state index in [4.69, 9.17) is 34.8 Å². The molecule has 3 rings (SSSR count). The Morgan fingerprint density at radius 3 is 2.07 bits per heavy atom. The van der Waals surface area contributed by atoms with Crippen LogP contribution in [-0.2, 0) is 10.0 Å². The normalized spacial score (nSPS) is 11.3. The van der Waals surface area contributed by atoms with E-state index in [1.807, 2.05) is 13.0 Å². The minimum Gasteiger partial charge on any atom is -0.268 e. The molecule has 150 valence electrons. The number of hydrogen-bond donors (Lipinski definition) is 0. The molecular weight excluding hydrogens is 453 g/mol. The van der Waals surface area contributed by atoms with Crippen molar-refractivity contribution in [1.82, 2.24) is 0 Å². The van der Waals surface area contributed by atoms with Gasteiger partial charge >= 0.3 is 0 Å². The van der Waals surface area contributed by atoms with Gasteiger partial charge in [0.15, 0.2) is 0 Å². The lowest BCUT2D eigenvalue weighted by Gasteiger charge is -2.25. The summed E-state index contributed by atoms with van der Waals surface area (Å²) in [5.41, 5.74) is 1.69. The number of aryl methyl sites for hydroxylation is 2. The van der Waals surface area contributed by atoms with Crippen LogP contribution in [0.4, 0.5) is 5.69 Å². The Bertz CT molecular complexity index is 1190. The number of rotatable bonds is 4. The average molecular weight is 469 g/mol. The van der Waals surface area contributed by atoms with E-state index < -0.39 is 15.9 Å². The van der Waals surface area contributed by atoms with Crippen LogP contribution in [0.25, 0.3) is 0 Å². The summed E-state index contributed by atoms with van der Waals surface area (Å²) in [7, 11) is -4.25. The summed E-state index contributed by atoms with van der Waals surface area (Å²) in [6.07, 6.45) is 0. The molecule has 0 radical (unpaired) electrons. The molecule has 0 N–H and O–H groups in total. The van der Waals surface area contributed by atoms with Gasteiger partial charge in [-0.2, -0.15) is 4.31 Å². The van der Waals surface area contributed by atoms with Crippen LogP contribution in [0.2, 0.25) is 15.1 Å². The second-order valence-corrected chi connectivity index (χ2v) is 9.51. The SMILES string of the molecule is Cc1ccc(C)c(N(C(=O)c2ccc(Cl)cc2Cl)S(=O)(=O)c2ccc(Cl)cc2)c1. The Morgan fingerprint density at radius 1 is 0.828 bits per heavy atom. The molecule has 0 aliphatic rings. The lowest BCUT2D eigenvalue weighted by atomic mass is 10.1. The van der Waals surface area contributed by atoms with Gasteiger partial charge in [-0.05, 0) is 73.5 Å². The molecule has 0 aliphatic carbocycles. The van der Waals surface area contributed by atoms with Crippen LogP contribution < -0.4 is 4.31 Å².